The number of hydrogen-bond acceptors (Lipinski definition) is 4. The SMILES string of the molecule is COc1ccc(COC(=O)c2cccc(N3CCCC3=O)c2)cc1. The molecule has 124 valence electrons. The second-order valence-electron chi connectivity index (χ2n) is 5.62. The highest BCUT2D eigenvalue weighted by Crippen LogP contribution is 2.22. The van der Waals surface area contributed by atoms with Crippen molar-refractivity contribution in [3.05, 3.63) is 59.7 Å². The number of carbonyl (C=O) groups is 2. The molecule has 1 heterocycles. The molecule has 1 amide bonds. The van der Waals surface area contributed by atoms with E-state index in [-0.39, 0.29) is 12.5 Å². The summed E-state index contributed by atoms with van der Waals surface area (Å²) in [6.07, 6.45) is 1.41. The van der Waals surface area contributed by atoms with Crippen LogP contribution in [0.4, 0.5) is 5.69 Å². The lowest BCUT2D eigenvalue weighted by Gasteiger charge is -2.16. The number of nitrogens with zero attached hydrogens (tertiary/aromatic N) is 1. The van der Waals surface area contributed by atoms with Crippen LogP contribution in [0.5, 0.6) is 5.75 Å². The maximum atomic E-state index is 12.2. The van der Waals surface area contributed by atoms with Crippen LogP contribution in [0.15, 0.2) is 48.5 Å². The molecule has 24 heavy (non-hydrogen) atoms. The summed E-state index contributed by atoms with van der Waals surface area (Å²) in [4.78, 5) is 25.8. The number of hydrogen-bond donors (Lipinski definition) is 0. The molecule has 0 unspecified atom stereocenters. The van der Waals surface area contributed by atoms with Crippen molar-refractivity contribution in [1.29, 1.82) is 0 Å². The van der Waals surface area contributed by atoms with Crippen LogP contribution in [0.25, 0.3) is 0 Å². The number of esters is 1. The summed E-state index contributed by atoms with van der Waals surface area (Å²) in [6.45, 7) is 0.888. The van der Waals surface area contributed by atoms with Gasteiger partial charge >= 0.3 is 5.97 Å². The Labute approximate surface area is 140 Å². The smallest absolute Gasteiger partial charge is 0.338 e. The first-order chi connectivity index (χ1) is 11.7. The minimum atomic E-state index is -0.403. The largest absolute Gasteiger partial charge is 0.497 e. The minimum Gasteiger partial charge on any atom is -0.497 e. The number of carbonyl (C=O) groups excluding carboxylic acids is 2. The molecule has 5 nitrogen and oxygen atoms in total. The molecule has 1 fully saturated rings. The van der Waals surface area contributed by atoms with E-state index >= 15 is 0 Å². The third-order valence-corrected chi connectivity index (χ3v) is 4.00. The number of methoxy groups -OCH3 is 1. The van der Waals surface area contributed by atoms with Crippen molar-refractivity contribution in [2.45, 2.75) is 19.4 Å². The van der Waals surface area contributed by atoms with Crippen LogP contribution in [0.1, 0.15) is 28.8 Å². The molecule has 3 rings (SSSR count). The van der Waals surface area contributed by atoms with Crippen LogP contribution in [-0.2, 0) is 16.1 Å². The van der Waals surface area contributed by atoms with E-state index in [1.54, 1.807) is 30.2 Å². The fourth-order valence-corrected chi connectivity index (χ4v) is 2.68. The molecule has 1 saturated heterocycles. The van der Waals surface area contributed by atoms with Gasteiger partial charge in [-0.2, -0.15) is 0 Å². The number of rotatable bonds is 5. The number of ether oxygens (including phenoxy) is 2. The number of anilines is 1. The lowest BCUT2D eigenvalue weighted by molar-refractivity contribution is -0.117. The van der Waals surface area contributed by atoms with Crippen LogP contribution in [0.3, 0.4) is 0 Å². The average molecular weight is 325 g/mol. The molecule has 1 aliphatic rings. The molecule has 5 heteroatoms. The maximum absolute atomic E-state index is 12.2. The van der Waals surface area contributed by atoms with Gasteiger partial charge in [0.1, 0.15) is 12.4 Å². The molecule has 0 aromatic heterocycles. The van der Waals surface area contributed by atoms with Crippen LogP contribution in [-0.4, -0.2) is 25.5 Å². The molecular weight excluding hydrogens is 306 g/mol. The highest BCUT2D eigenvalue weighted by molar-refractivity contribution is 5.97. The first-order valence-corrected chi connectivity index (χ1v) is 7.88. The Balaban J connectivity index is 1.65. The van der Waals surface area contributed by atoms with Gasteiger partial charge in [0.25, 0.3) is 0 Å². The maximum Gasteiger partial charge on any atom is 0.338 e. The van der Waals surface area contributed by atoms with Gasteiger partial charge in [-0.15, -0.1) is 0 Å². The van der Waals surface area contributed by atoms with Crippen molar-refractivity contribution in [3.63, 3.8) is 0 Å². The Morgan fingerprint density at radius 2 is 1.96 bits per heavy atom. The summed E-state index contributed by atoms with van der Waals surface area (Å²) in [5.74, 6) is 0.450. The summed E-state index contributed by atoms with van der Waals surface area (Å²) in [5, 5.41) is 0. The first-order valence-electron chi connectivity index (χ1n) is 7.88. The first kappa shape index (κ1) is 16.1. The molecular formula is C19H19NO4. The fourth-order valence-electron chi connectivity index (χ4n) is 2.68. The van der Waals surface area contributed by atoms with Crippen LogP contribution in [0.2, 0.25) is 0 Å². The standard InChI is InChI=1S/C19H19NO4/c1-23-17-9-7-14(8-10-17)13-24-19(22)15-4-2-5-16(12-15)20-11-3-6-18(20)21/h2,4-5,7-10,12H,3,6,11,13H2,1H3. The molecule has 0 radical (unpaired) electrons. The van der Waals surface area contributed by atoms with Gasteiger partial charge in [-0.05, 0) is 42.3 Å². The molecule has 0 bridgehead atoms. The lowest BCUT2D eigenvalue weighted by Crippen LogP contribution is -2.23. The molecule has 0 aliphatic carbocycles. The molecule has 0 saturated carbocycles. The van der Waals surface area contributed by atoms with Crippen molar-refractivity contribution >= 4 is 17.6 Å². The summed E-state index contributed by atoms with van der Waals surface area (Å²) < 4.78 is 10.4. The second kappa shape index (κ2) is 7.17. The Morgan fingerprint density at radius 1 is 1.17 bits per heavy atom. The third kappa shape index (κ3) is 3.56. The minimum absolute atomic E-state index is 0.0961. The van der Waals surface area contributed by atoms with Gasteiger partial charge in [-0.3, -0.25) is 4.79 Å². The highest BCUT2D eigenvalue weighted by Gasteiger charge is 2.22. The molecule has 0 spiro atoms. The van der Waals surface area contributed by atoms with E-state index < -0.39 is 5.97 Å². The molecule has 2 aromatic carbocycles. The van der Waals surface area contributed by atoms with E-state index in [9.17, 15) is 9.59 Å². The van der Waals surface area contributed by atoms with Gasteiger partial charge < -0.3 is 14.4 Å². The van der Waals surface area contributed by atoms with Gasteiger partial charge in [-0.25, -0.2) is 4.79 Å². The van der Waals surface area contributed by atoms with Gasteiger partial charge in [0.15, 0.2) is 0 Å². The van der Waals surface area contributed by atoms with Crippen molar-refractivity contribution < 1.29 is 19.1 Å². The van der Waals surface area contributed by atoms with Crippen LogP contribution < -0.4 is 9.64 Å². The Kier molecular flexibility index (Phi) is 4.79. The summed E-state index contributed by atoms with van der Waals surface area (Å²) in [6, 6.07) is 14.4. The van der Waals surface area contributed by atoms with Crippen molar-refractivity contribution in [1.82, 2.24) is 0 Å². The van der Waals surface area contributed by atoms with E-state index in [0.29, 0.717) is 18.5 Å². The van der Waals surface area contributed by atoms with E-state index in [1.807, 2.05) is 30.3 Å². The summed E-state index contributed by atoms with van der Waals surface area (Å²) >= 11 is 0. The van der Waals surface area contributed by atoms with E-state index in [1.165, 1.54) is 0 Å². The van der Waals surface area contributed by atoms with Crippen molar-refractivity contribution in [2.24, 2.45) is 0 Å². The van der Waals surface area contributed by atoms with Gasteiger partial charge in [0.2, 0.25) is 5.91 Å². The Morgan fingerprint density at radius 3 is 2.62 bits per heavy atom. The lowest BCUT2D eigenvalue weighted by atomic mass is 10.2. The summed E-state index contributed by atoms with van der Waals surface area (Å²) in [7, 11) is 1.60. The van der Waals surface area contributed by atoms with Crippen molar-refractivity contribution in [3.8, 4) is 5.75 Å². The van der Waals surface area contributed by atoms with Crippen LogP contribution >= 0.6 is 0 Å². The van der Waals surface area contributed by atoms with E-state index in [0.717, 1.165) is 23.4 Å². The number of amides is 1. The predicted molar refractivity (Wildman–Crippen MR) is 90.1 cm³/mol. The van der Waals surface area contributed by atoms with Crippen molar-refractivity contribution in [2.75, 3.05) is 18.6 Å². The van der Waals surface area contributed by atoms with Crippen LogP contribution in [0, 0.1) is 0 Å². The van der Waals surface area contributed by atoms with E-state index in [2.05, 4.69) is 0 Å². The third-order valence-electron chi connectivity index (χ3n) is 4.00. The normalized spacial score (nSPS) is 13.9. The molecule has 1 aliphatic heterocycles. The predicted octanol–water partition coefficient (Wildman–Crippen LogP) is 3.18. The summed E-state index contributed by atoms with van der Waals surface area (Å²) in [5.41, 5.74) is 2.08. The highest BCUT2D eigenvalue weighted by atomic mass is 16.5. The Bertz CT molecular complexity index is 739. The quantitative estimate of drug-likeness (QED) is 0.792. The van der Waals surface area contributed by atoms with E-state index in [4.69, 9.17) is 9.47 Å². The van der Waals surface area contributed by atoms with Gasteiger partial charge in [-0.1, -0.05) is 18.2 Å². The zero-order chi connectivity index (χ0) is 16.9. The average Bonchev–Trinajstić information content (AvgIpc) is 3.06. The molecule has 0 N–H and O–H groups in total. The van der Waals surface area contributed by atoms with Gasteiger partial charge in [0.05, 0.1) is 12.7 Å². The fraction of sp³-hybridized carbons (Fsp3) is 0.263. The number of benzene rings is 2. The zero-order valence-electron chi connectivity index (χ0n) is 13.5. The molecule has 0 atom stereocenters. The Hall–Kier alpha value is -2.82. The molecule has 2 aromatic rings. The monoisotopic (exact) mass is 325 g/mol. The topological polar surface area (TPSA) is 55.8 Å². The van der Waals surface area contributed by atoms with Gasteiger partial charge in [0, 0.05) is 18.7 Å². The zero-order valence-corrected chi connectivity index (χ0v) is 13.5. The second-order valence-corrected chi connectivity index (χ2v) is 5.62.